The molecule has 0 unspecified atom stereocenters. The molecule has 0 spiro atoms. The Kier molecular flexibility index (Phi) is 4.49. The molecule has 2 aromatic carbocycles. The van der Waals surface area contributed by atoms with Crippen molar-refractivity contribution < 1.29 is 4.74 Å². The highest BCUT2D eigenvalue weighted by Gasteiger charge is 2.17. The van der Waals surface area contributed by atoms with Gasteiger partial charge in [0.05, 0.1) is 0 Å². The van der Waals surface area contributed by atoms with Crippen molar-refractivity contribution in [1.82, 2.24) is 0 Å². The van der Waals surface area contributed by atoms with Crippen molar-refractivity contribution in [1.29, 1.82) is 0 Å². The van der Waals surface area contributed by atoms with Crippen LogP contribution in [0.25, 0.3) is 0 Å². The Hall–Kier alpha value is -1.76. The van der Waals surface area contributed by atoms with E-state index in [2.05, 4.69) is 70.2 Å². The molecule has 0 radical (unpaired) electrons. The van der Waals surface area contributed by atoms with Gasteiger partial charge < -0.3 is 4.74 Å². The van der Waals surface area contributed by atoms with Crippen molar-refractivity contribution in [3.8, 4) is 5.75 Å². The second-order valence-electron chi connectivity index (χ2n) is 6.16. The van der Waals surface area contributed by atoms with Crippen LogP contribution in [-0.4, -0.2) is 0 Å². The van der Waals surface area contributed by atoms with Crippen molar-refractivity contribution in [2.24, 2.45) is 0 Å². The Labute approximate surface area is 122 Å². The molecule has 0 atom stereocenters. The zero-order valence-corrected chi connectivity index (χ0v) is 12.9. The molecule has 0 aliphatic rings. The lowest BCUT2D eigenvalue weighted by Crippen LogP contribution is -2.15. The van der Waals surface area contributed by atoms with E-state index in [1.54, 1.807) is 0 Å². The van der Waals surface area contributed by atoms with Gasteiger partial charge in [0.15, 0.2) is 0 Å². The average molecular weight is 268 g/mol. The summed E-state index contributed by atoms with van der Waals surface area (Å²) in [6.07, 6.45) is 0.997. The molecular weight excluding hydrogens is 244 g/mol. The summed E-state index contributed by atoms with van der Waals surface area (Å²) in [6, 6.07) is 16.8. The maximum absolute atomic E-state index is 6.05. The number of hydrogen-bond acceptors (Lipinski definition) is 1. The third kappa shape index (κ3) is 3.41. The van der Waals surface area contributed by atoms with Gasteiger partial charge in [0.2, 0.25) is 0 Å². The predicted molar refractivity (Wildman–Crippen MR) is 85.3 cm³/mol. The van der Waals surface area contributed by atoms with Gasteiger partial charge >= 0.3 is 0 Å². The van der Waals surface area contributed by atoms with Crippen molar-refractivity contribution in [2.45, 2.75) is 46.1 Å². The maximum atomic E-state index is 6.05. The van der Waals surface area contributed by atoms with Gasteiger partial charge in [0, 0.05) is 0 Å². The molecule has 0 heterocycles. The van der Waals surface area contributed by atoms with Gasteiger partial charge in [-0.25, -0.2) is 0 Å². The summed E-state index contributed by atoms with van der Waals surface area (Å²) >= 11 is 0. The molecule has 1 heteroatoms. The first-order chi connectivity index (χ1) is 9.52. The van der Waals surface area contributed by atoms with Crippen LogP contribution in [-0.2, 0) is 18.4 Å². The van der Waals surface area contributed by atoms with Crippen molar-refractivity contribution in [3.63, 3.8) is 0 Å². The van der Waals surface area contributed by atoms with Crippen molar-refractivity contribution >= 4 is 0 Å². The molecule has 0 aliphatic heterocycles. The molecule has 2 aromatic rings. The third-order valence-corrected chi connectivity index (χ3v) is 3.56. The van der Waals surface area contributed by atoms with Crippen LogP contribution in [0, 0.1) is 0 Å². The molecule has 0 N–H and O–H groups in total. The molecule has 1 nitrogen and oxygen atoms in total. The number of ether oxygens (including phenoxy) is 1. The van der Waals surface area contributed by atoms with E-state index in [0.29, 0.717) is 6.61 Å². The van der Waals surface area contributed by atoms with Gasteiger partial charge in [-0.05, 0) is 34.6 Å². The molecule has 106 valence electrons. The van der Waals surface area contributed by atoms with Crippen LogP contribution in [0.15, 0.2) is 48.5 Å². The van der Waals surface area contributed by atoms with Gasteiger partial charge in [-0.2, -0.15) is 0 Å². The molecule has 20 heavy (non-hydrogen) atoms. The van der Waals surface area contributed by atoms with Gasteiger partial charge in [-0.15, -0.1) is 0 Å². The number of rotatable bonds is 4. The maximum Gasteiger partial charge on any atom is 0.122 e. The summed E-state index contributed by atoms with van der Waals surface area (Å²) in [7, 11) is 0. The van der Waals surface area contributed by atoms with E-state index in [9.17, 15) is 0 Å². The minimum absolute atomic E-state index is 0.143. The van der Waals surface area contributed by atoms with E-state index in [-0.39, 0.29) is 5.41 Å². The van der Waals surface area contributed by atoms with Gasteiger partial charge in [-0.1, -0.05) is 70.2 Å². The fourth-order valence-corrected chi connectivity index (χ4v) is 2.47. The van der Waals surface area contributed by atoms with Gasteiger partial charge in [0.25, 0.3) is 0 Å². The quantitative estimate of drug-likeness (QED) is 0.747. The smallest absolute Gasteiger partial charge is 0.122 e. The Morgan fingerprint density at radius 1 is 0.850 bits per heavy atom. The van der Waals surface area contributed by atoms with E-state index < -0.39 is 0 Å². The van der Waals surface area contributed by atoms with Crippen LogP contribution in [0.5, 0.6) is 5.75 Å². The van der Waals surface area contributed by atoms with Crippen LogP contribution >= 0.6 is 0 Å². The molecule has 0 amide bonds. The highest BCUT2D eigenvalue weighted by atomic mass is 16.5. The van der Waals surface area contributed by atoms with Gasteiger partial charge in [-0.3, -0.25) is 0 Å². The zero-order chi connectivity index (χ0) is 14.6. The van der Waals surface area contributed by atoms with Crippen LogP contribution in [0.3, 0.4) is 0 Å². The Morgan fingerprint density at radius 2 is 1.45 bits per heavy atom. The van der Waals surface area contributed by atoms with E-state index in [1.807, 2.05) is 6.07 Å². The minimum atomic E-state index is 0.143. The number of hydrogen-bond donors (Lipinski definition) is 0. The lowest BCUT2D eigenvalue weighted by Gasteiger charge is -2.23. The fourth-order valence-electron chi connectivity index (χ4n) is 2.47. The first-order valence-corrected chi connectivity index (χ1v) is 7.31. The molecule has 0 bridgehead atoms. The fraction of sp³-hybridized carbons (Fsp3) is 0.368. The number of para-hydroxylation sites is 1. The summed E-state index contributed by atoms with van der Waals surface area (Å²) in [6.45, 7) is 9.51. The third-order valence-electron chi connectivity index (χ3n) is 3.56. The topological polar surface area (TPSA) is 9.23 Å². The standard InChI is InChI=1S/C19H24O/c1-5-15-10-7-9-13-18(15)20-14-16-11-6-8-12-17(16)19(2,3)4/h6-13H,5,14H2,1-4H3. The zero-order valence-electron chi connectivity index (χ0n) is 12.9. The van der Waals surface area contributed by atoms with E-state index in [4.69, 9.17) is 4.74 Å². The van der Waals surface area contributed by atoms with Crippen molar-refractivity contribution in [2.75, 3.05) is 0 Å². The number of aryl methyl sites for hydroxylation is 1. The molecule has 0 fully saturated rings. The summed E-state index contributed by atoms with van der Waals surface area (Å²) in [4.78, 5) is 0. The summed E-state index contributed by atoms with van der Waals surface area (Å²) < 4.78 is 6.05. The summed E-state index contributed by atoms with van der Waals surface area (Å²) in [5.41, 5.74) is 4.03. The molecule has 2 rings (SSSR count). The van der Waals surface area contributed by atoms with Crippen LogP contribution in [0.2, 0.25) is 0 Å². The number of benzene rings is 2. The molecular formula is C19H24O. The van der Waals surface area contributed by atoms with E-state index >= 15 is 0 Å². The Bertz CT molecular complexity index is 564. The first kappa shape index (κ1) is 14.6. The van der Waals surface area contributed by atoms with Crippen LogP contribution in [0.4, 0.5) is 0 Å². The van der Waals surface area contributed by atoms with Crippen LogP contribution in [0.1, 0.15) is 44.4 Å². The Morgan fingerprint density at radius 3 is 2.10 bits per heavy atom. The van der Waals surface area contributed by atoms with Crippen LogP contribution < -0.4 is 4.74 Å². The molecule has 0 aromatic heterocycles. The Balaban J connectivity index is 2.20. The predicted octanol–water partition coefficient (Wildman–Crippen LogP) is 5.13. The summed E-state index contributed by atoms with van der Waals surface area (Å²) in [5, 5.41) is 0. The van der Waals surface area contributed by atoms with E-state index in [0.717, 1.165) is 12.2 Å². The molecule has 0 aliphatic carbocycles. The lowest BCUT2D eigenvalue weighted by molar-refractivity contribution is 0.300. The SMILES string of the molecule is CCc1ccccc1OCc1ccccc1C(C)(C)C. The second kappa shape index (κ2) is 6.13. The molecule has 0 saturated carbocycles. The lowest BCUT2D eigenvalue weighted by atomic mass is 9.84. The van der Waals surface area contributed by atoms with Gasteiger partial charge in [0.1, 0.15) is 12.4 Å². The second-order valence-corrected chi connectivity index (χ2v) is 6.16. The van der Waals surface area contributed by atoms with Crippen molar-refractivity contribution in [3.05, 3.63) is 65.2 Å². The summed E-state index contributed by atoms with van der Waals surface area (Å²) in [5.74, 6) is 0.999. The van der Waals surface area contributed by atoms with E-state index in [1.165, 1.54) is 16.7 Å². The monoisotopic (exact) mass is 268 g/mol. The largest absolute Gasteiger partial charge is 0.489 e. The first-order valence-electron chi connectivity index (χ1n) is 7.31. The normalized spacial score (nSPS) is 11.4. The molecule has 0 saturated heterocycles. The highest BCUT2D eigenvalue weighted by Crippen LogP contribution is 2.27. The average Bonchev–Trinajstić information content (AvgIpc) is 2.44. The minimum Gasteiger partial charge on any atom is -0.489 e. The highest BCUT2D eigenvalue weighted by molar-refractivity contribution is 5.35.